The maximum Gasteiger partial charge on any atom is 0.472 e. The third kappa shape index (κ3) is 42.8. The molecule has 0 aromatic carbocycles. The molecular formula is C50H80NO10P. The monoisotopic (exact) mass is 886 g/mol. The third-order valence-corrected chi connectivity index (χ3v) is 10.00. The van der Waals surface area contributed by atoms with E-state index in [1.54, 1.807) is 0 Å². The van der Waals surface area contributed by atoms with E-state index in [4.69, 9.17) is 13.8 Å². The Hall–Kier alpha value is -3.86. The molecule has 350 valence electrons. The van der Waals surface area contributed by atoms with E-state index in [0.29, 0.717) is 19.3 Å². The highest BCUT2D eigenvalue weighted by atomic mass is 31.2. The Bertz CT molecular complexity index is 1460. The van der Waals surface area contributed by atoms with E-state index in [1.807, 2.05) is 12.2 Å². The molecule has 0 fully saturated rings. The van der Waals surface area contributed by atoms with E-state index in [1.165, 1.54) is 25.7 Å². The summed E-state index contributed by atoms with van der Waals surface area (Å²) in [6, 6.07) is -1.57. The molecule has 0 spiro atoms. The second kappa shape index (κ2) is 43.8. The molecule has 0 radical (unpaired) electrons. The van der Waals surface area contributed by atoms with Gasteiger partial charge in [-0.25, -0.2) is 9.36 Å². The molecule has 3 atom stereocenters. The second-order valence-electron chi connectivity index (χ2n) is 14.9. The fourth-order valence-electron chi connectivity index (χ4n) is 5.51. The Morgan fingerprint density at radius 3 is 1.44 bits per heavy atom. The van der Waals surface area contributed by atoms with E-state index < -0.39 is 57.6 Å². The first-order valence-corrected chi connectivity index (χ1v) is 24.4. The van der Waals surface area contributed by atoms with Crippen LogP contribution in [-0.2, 0) is 32.7 Å². The molecule has 0 aliphatic rings. The van der Waals surface area contributed by atoms with Gasteiger partial charge in [0.1, 0.15) is 12.7 Å². The van der Waals surface area contributed by atoms with Crippen LogP contribution >= 0.6 is 7.82 Å². The average molecular weight is 886 g/mol. The molecule has 0 bridgehead atoms. The predicted molar refractivity (Wildman–Crippen MR) is 253 cm³/mol. The number of nitrogens with one attached hydrogen (secondary N) is 1. The minimum atomic E-state index is -4.79. The Morgan fingerprint density at radius 1 is 0.532 bits per heavy atom. The number of esters is 1. The van der Waals surface area contributed by atoms with Crippen molar-refractivity contribution in [3.05, 3.63) is 109 Å². The number of carboxylic acid groups (broad SMARTS) is 1. The minimum Gasteiger partial charge on any atom is -0.480 e. The zero-order valence-electron chi connectivity index (χ0n) is 37.9. The molecule has 0 saturated heterocycles. The van der Waals surface area contributed by atoms with Crippen molar-refractivity contribution >= 4 is 25.7 Å². The molecule has 0 aromatic rings. The van der Waals surface area contributed by atoms with E-state index in [-0.39, 0.29) is 12.8 Å². The molecule has 0 aliphatic carbocycles. The summed E-state index contributed by atoms with van der Waals surface area (Å²) in [5.74, 6) is -2.48. The molecule has 12 heteroatoms. The number of carbonyl (C=O) groups excluding carboxylic acids is 2. The highest BCUT2D eigenvalue weighted by Crippen LogP contribution is 2.43. The molecule has 0 rings (SSSR count). The molecule has 3 unspecified atom stereocenters. The van der Waals surface area contributed by atoms with Gasteiger partial charge in [0, 0.05) is 12.8 Å². The van der Waals surface area contributed by atoms with Crippen LogP contribution in [0.5, 0.6) is 0 Å². The van der Waals surface area contributed by atoms with Crippen molar-refractivity contribution in [2.24, 2.45) is 0 Å². The molecule has 0 aliphatic heterocycles. The Kier molecular flexibility index (Phi) is 41.0. The lowest BCUT2D eigenvalue weighted by Gasteiger charge is -2.18. The van der Waals surface area contributed by atoms with Gasteiger partial charge in [0.25, 0.3) is 0 Å². The SMILES string of the molecule is CC/C=C\C/C=C\C/C=C\C/C=C\C/C=C\CCCC(=O)OCC(O)COP(=O)(O)OCC(NC(=O)CCCCCCC/C=C\C/C=C\C/C=C\C/C=C\CCCCC)C(=O)O. The number of unbranched alkanes of at least 4 members (excludes halogenated alkanes) is 9. The number of hydrogen-bond acceptors (Lipinski definition) is 8. The number of carboxylic acids is 1. The Labute approximate surface area is 374 Å². The summed E-state index contributed by atoms with van der Waals surface area (Å²) in [6.45, 7) is 2.36. The average Bonchev–Trinajstić information content (AvgIpc) is 3.25. The van der Waals surface area contributed by atoms with E-state index >= 15 is 0 Å². The third-order valence-electron chi connectivity index (χ3n) is 9.05. The van der Waals surface area contributed by atoms with Crippen LogP contribution in [0, 0.1) is 0 Å². The zero-order valence-corrected chi connectivity index (χ0v) is 38.8. The zero-order chi connectivity index (χ0) is 45.6. The van der Waals surface area contributed by atoms with Crippen LogP contribution < -0.4 is 5.32 Å². The molecular weight excluding hydrogens is 806 g/mol. The fraction of sp³-hybridized carbons (Fsp3) is 0.580. The first-order valence-electron chi connectivity index (χ1n) is 22.9. The van der Waals surface area contributed by atoms with Crippen LogP contribution in [0.4, 0.5) is 0 Å². The number of ether oxygens (including phenoxy) is 1. The standard InChI is InChI=1S/C50H80NO10P/c1-3-5-7-9-11-13-15-17-19-21-22-23-24-26-27-29-31-33-35-37-39-41-48(53)51-47(50(55)56)45-61-62(57,58)60-44-46(52)43-59-49(54)42-40-38-36-34-32-30-28-25-20-18-16-14-12-10-8-6-4-2/h6,8,11-14,17-20,22-23,26-28,30,34,36,46-47,52H,3-5,7,9-10,15-16,21,24-25,29,31-33,35,37-45H2,1-2H3,(H,51,53)(H,55,56)(H,57,58)/b8-6-,13-11-,14-12-,19-17-,20-18-,23-22-,27-26-,30-28-,36-34-. The quantitative estimate of drug-likeness (QED) is 0.0201. The number of phosphoric acid groups is 1. The number of phosphoric ester groups is 1. The molecule has 62 heavy (non-hydrogen) atoms. The van der Waals surface area contributed by atoms with Crippen molar-refractivity contribution in [1.29, 1.82) is 0 Å². The maximum absolute atomic E-state index is 12.3. The summed E-state index contributed by atoms with van der Waals surface area (Å²) >= 11 is 0. The van der Waals surface area contributed by atoms with Gasteiger partial charge in [-0.2, -0.15) is 0 Å². The van der Waals surface area contributed by atoms with Gasteiger partial charge in [0.15, 0.2) is 6.04 Å². The number of amides is 1. The van der Waals surface area contributed by atoms with Crippen LogP contribution in [0.15, 0.2) is 109 Å². The van der Waals surface area contributed by atoms with Crippen LogP contribution in [0.3, 0.4) is 0 Å². The first-order chi connectivity index (χ1) is 30.1. The Balaban J connectivity index is 4.02. The van der Waals surface area contributed by atoms with Gasteiger partial charge in [0.05, 0.1) is 13.2 Å². The lowest BCUT2D eigenvalue weighted by molar-refractivity contribution is -0.147. The van der Waals surface area contributed by atoms with Crippen LogP contribution in [0.25, 0.3) is 0 Å². The second-order valence-corrected chi connectivity index (χ2v) is 16.3. The molecule has 0 heterocycles. The summed E-state index contributed by atoms with van der Waals surface area (Å²) in [5, 5.41) is 21.8. The number of aliphatic hydroxyl groups excluding tert-OH is 1. The van der Waals surface area contributed by atoms with Crippen molar-refractivity contribution in [2.75, 3.05) is 19.8 Å². The summed E-state index contributed by atoms with van der Waals surface area (Å²) in [5.41, 5.74) is 0. The van der Waals surface area contributed by atoms with Crippen molar-refractivity contribution in [3.8, 4) is 0 Å². The van der Waals surface area contributed by atoms with Crippen LogP contribution in [0.2, 0.25) is 0 Å². The molecule has 0 aromatic heterocycles. The Morgan fingerprint density at radius 2 is 0.952 bits per heavy atom. The predicted octanol–water partition coefficient (Wildman–Crippen LogP) is 12.2. The van der Waals surface area contributed by atoms with Crippen molar-refractivity contribution in [3.63, 3.8) is 0 Å². The summed E-state index contributed by atoms with van der Waals surface area (Å²) in [7, 11) is -4.79. The van der Waals surface area contributed by atoms with E-state index in [9.17, 15) is 34.1 Å². The smallest absolute Gasteiger partial charge is 0.472 e. The topological polar surface area (TPSA) is 169 Å². The minimum absolute atomic E-state index is 0.114. The fourth-order valence-corrected chi connectivity index (χ4v) is 6.28. The number of hydrogen-bond donors (Lipinski definition) is 4. The van der Waals surface area contributed by atoms with E-state index in [2.05, 4.69) is 116 Å². The van der Waals surface area contributed by atoms with Gasteiger partial charge in [0.2, 0.25) is 5.91 Å². The van der Waals surface area contributed by atoms with Crippen LogP contribution in [-0.4, -0.2) is 64.9 Å². The highest BCUT2D eigenvalue weighted by Gasteiger charge is 2.28. The lowest BCUT2D eigenvalue weighted by atomic mass is 10.1. The maximum atomic E-state index is 12.3. The molecule has 1 amide bonds. The van der Waals surface area contributed by atoms with Crippen LogP contribution in [0.1, 0.15) is 155 Å². The summed E-state index contributed by atoms with van der Waals surface area (Å²) < 4.78 is 26.8. The van der Waals surface area contributed by atoms with Gasteiger partial charge < -0.3 is 25.2 Å². The lowest BCUT2D eigenvalue weighted by Crippen LogP contribution is -2.43. The molecule has 4 N–H and O–H groups in total. The molecule has 11 nitrogen and oxygen atoms in total. The van der Waals surface area contributed by atoms with Gasteiger partial charge in [-0.3, -0.25) is 18.6 Å². The summed E-state index contributed by atoms with van der Waals surface area (Å²) in [4.78, 5) is 46.0. The largest absolute Gasteiger partial charge is 0.480 e. The number of aliphatic hydroxyl groups is 1. The van der Waals surface area contributed by atoms with E-state index in [0.717, 1.165) is 83.5 Å². The highest BCUT2D eigenvalue weighted by molar-refractivity contribution is 7.47. The normalized spacial score (nSPS) is 14.6. The van der Waals surface area contributed by atoms with Gasteiger partial charge in [-0.05, 0) is 96.3 Å². The number of carbonyl (C=O) groups is 3. The number of rotatable bonds is 41. The number of allylic oxidation sites excluding steroid dienone is 18. The van der Waals surface area contributed by atoms with Gasteiger partial charge in [-0.1, -0.05) is 155 Å². The molecule has 0 saturated carbocycles. The summed E-state index contributed by atoms with van der Waals surface area (Å²) in [6.07, 6.45) is 56.8. The van der Waals surface area contributed by atoms with Crippen molar-refractivity contribution in [2.45, 2.75) is 167 Å². The van der Waals surface area contributed by atoms with Crippen molar-refractivity contribution in [1.82, 2.24) is 5.32 Å². The number of aliphatic carboxylic acids is 1. The van der Waals surface area contributed by atoms with Gasteiger partial charge in [-0.15, -0.1) is 0 Å². The van der Waals surface area contributed by atoms with Crippen molar-refractivity contribution < 1.29 is 47.8 Å². The van der Waals surface area contributed by atoms with Gasteiger partial charge >= 0.3 is 19.8 Å². The first kappa shape index (κ1) is 58.1.